The molecule has 3 aromatic rings. The molecule has 1 aliphatic rings. The van der Waals surface area contributed by atoms with Gasteiger partial charge in [0.1, 0.15) is 0 Å². The average Bonchev–Trinajstić information content (AvgIpc) is 3.34. The van der Waals surface area contributed by atoms with Crippen LogP contribution in [0.4, 0.5) is 5.69 Å². The first-order chi connectivity index (χ1) is 11.8. The summed E-state index contributed by atoms with van der Waals surface area (Å²) >= 11 is 9.54. The van der Waals surface area contributed by atoms with E-state index in [1.165, 1.54) is 9.75 Å². The third-order valence-electron chi connectivity index (χ3n) is 3.88. The minimum atomic E-state index is 0.245. The lowest BCUT2D eigenvalue weighted by atomic mass is 10.1. The van der Waals surface area contributed by atoms with Crippen molar-refractivity contribution >= 4 is 51.7 Å². The van der Waals surface area contributed by atoms with E-state index >= 15 is 0 Å². The fourth-order valence-electron chi connectivity index (χ4n) is 2.73. The zero-order chi connectivity index (χ0) is 16.4. The summed E-state index contributed by atoms with van der Waals surface area (Å²) in [6.07, 6.45) is 5.17. The summed E-state index contributed by atoms with van der Waals surface area (Å²) in [6, 6.07) is 16.6. The van der Waals surface area contributed by atoms with Crippen molar-refractivity contribution in [2.24, 2.45) is 5.10 Å². The number of halogens is 1. The molecule has 0 fully saturated rings. The smallest absolute Gasteiger partial charge is 0.0923 e. The van der Waals surface area contributed by atoms with Gasteiger partial charge in [-0.3, -0.25) is 5.01 Å². The standard InChI is InChI=1S/C19H15ClN2S2/c20-14-5-8-16(9-6-14)22-18(19-4-2-12-24-19)13-15(21-22)7-10-17-3-1-11-23-17/h1-12,18H,13H2/b10-7+. The number of hydrogen-bond donors (Lipinski definition) is 0. The predicted octanol–water partition coefficient (Wildman–Crippen LogP) is 6.48. The Hall–Kier alpha value is -1.88. The van der Waals surface area contributed by atoms with Crippen LogP contribution in [0.15, 0.2) is 70.5 Å². The minimum absolute atomic E-state index is 0.245. The van der Waals surface area contributed by atoms with Gasteiger partial charge in [0, 0.05) is 21.2 Å². The molecule has 2 aromatic heterocycles. The molecule has 3 heterocycles. The molecule has 1 aromatic carbocycles. The SMILES string of the molecule is Clc1ccc(N2N=C(/C=C/c3cccs3)CC2c2cccs2)cc1. The number of hydrogen-bond acceptors (Lipinski definition) is 4. The van der Waals surface area contributed by atoms with Gasteiger partial charge in [0.15, 0.2) is 0 Å². The highest BCUT2D eigenvalue weighted by molar-refractivity contribution is 7.10. The van der Waals surface area contributed by atoms with Gasteiger partial charge in [-0.1, -0.05) is 23.7 Å². The molecule has 0 saturated heterocycles. The lowest BCUT2D eigenvalue weighted by Gasteiger charge is -2.22. The van der Waals surface area contributed by atoms with Gasteiger partial charge in [-0.05, 0) is 59.3 Å². The number of allylic oxidation sites excluding steroid dienone is 1. The number of rotatable bonds is 4. The first-order valence-corrected chi connectivity index (χ1v) is 9.80. The molecule has 4 rings (SSSR count). The van der Waals surface area contributed by atoms with Crippen molar-refractivity contribution in [3.8, 4) is 0 Å². The number of nitrogens with zero attached hydrogens (tertiary/aromatic N) is 2. The van der Waals surface area contributed by atoms with E-state index in [4.69, 9.17) is 16.7 Å². The van der Waals surface area contributed by atoms with Crippen molar-refractivity contribution in [3.63, 3.8) is 0 Å². The van der Waals surface area contributed by atoms with Gasteiger partial charge in [-0.25, -0.2) is 0 Å². The quantitative estimate of drug-likeness (QED) is 0.512. The highest BCUT2D eigenvalue weighted by atomic mass is 35.5. The van der Waals surface area contributed by atoms with Crippen LogP contribution in [-0.4, -0.2) is 5.71 Å². The number of anilines is 1. The van der Waals surface area contributed by atoms with Crippen LogP contribution < -0.4 is 5.01 Å². The molecule has 0 amide bonds. The average molecular weight is 371 g/mol. The summed E-state index contributed by atoms with van der Waals surface area (Å²) in [5.41, 5.74) is 2.16. The van der Waals surface area contributed by atoms with Crippen molar-refractivity contribution in [1.29, 1.82) is 0 Å². The Balaban J connectivity index is 1.64. The van der Waals surface area contributed by atoms with Crippen molar-refractivity contribution in [2.45, 2.75) is 12.5 Å². The third kappa shape index (κ3) is 3.31. The maximum Gasteiger partial charge on any atom is 0.0923 e. The summed E-state index contributed by atoms with van der Waals surface area (Å²) in [6.45, 7) is 0. The van der Waals surface area contributed by atoms with Gasteiger partial charge in [0.05, 0.1) is 17.4 Å². The van der Waals surface area contributed by atoms with Crippen LogP contribution in [0, 0.1) is 0 Å². The predicted molar refractivity (Wildman–Crippen MR) is 106 cm³/mol. The highest BCUT2D eigenvalue weighted by Crippen LogP contribution is 2.37. The fraction of sp³-hybridized carbons (Fsp3) is 0.105. The lowest BCUT2D eigenvalue weighted by Crippen LogP contribution is -2.17. The Morgan fingerprint density at radius 2 is 1.79 bits per heavy atom. The minimum Gasteiger partial charge on any atom is -0.257 e. The second kappa shape index (κ2) is 6.93. The van der Waals surface area contributed by atoms with Gasteiger partial charge in [0.2, 0.25) is 0 Å². The van der Waals surface area contributed by atoms with Crippen LogP contribution in [0.2, 0.25) is 5.02 Å². The second-order valence-electron chi connectivity index (χ2n) is 5.50. The highest BCUT2D eigenvalue weighted by Gasteiger charge is 2.28. The molecule has 0 radical (unpaired) electrons. The monoisotopic (exact) mass is 370 g/mol. The van der Waals surface area contributed by atoms with E-state index in [2.05, 4.69) is 52.2 Å². The van der Waals surface area contributed by atoms with Crippen LogP contribution >= 0.6 is 34.3 Å². The molecule has 0 spiro atoms. The Bertz CT molecular complexity index is 849. The van der Waals surface area contributed by atoms with Crippen molar-refractivity contribution in [2.75, 3.05) is 5.01 Å². The van der Waals surface area contributed by atoms with Crippen molar-refractivity contribution in [1.82, 2.24) is 0 Å². The number of hydrazone groups is 1. The van der Waals surface area contributed by atoms with E-state index in [0.29, 0.717) is 0 Å². The maximum atomic E-state index is 6.03. The molecule has 0 bridgehead atoms. The molecule has 1 unspecified atom stereocenters. The van der Waals surface area contributed by atoms with E-state index in [9.17, 15) is 0 Å². The van der Waals surface area contributed by atoms with Gasteiger partial charge in [0.25, 0.3) is 0 Å². The summed E-state index contributed by atoms with van der Waals surface area (Å²) in [5.74, 6) is 0. The Morgan fingerprint density at radius 3 is 2.50 bits per heavy atom. The van der Waals surface area contributed by atoms with E-state index in [0.717, 1.165) is 22.8 Å². The van der Waals surface area contributed by atoms with Gasteiger partial charge < -0.3 is 0 Å². The van der Waals surface area contributed by atoms with Crippen LogP contribution in [0.3, 0.4) is 0 Å². The van der Waals surface area contributed by atoms with E-state index in [1.54, 1.807) is 22.7 Å². The van der Waals surface area contributed by atoms with Crippen LogP contribution in [0.25, 0.3) is 6.08 Å². The summed E-state index contributed by atoms with van der Waals surface area (Å²) in [4.78, 5) is 2.57. The van der Waals surface area contributed by atoms with E-state index in [-0.39, 0.29) is 6.04 Å². The second-order valence-corrected chi connectivity index (χ2v) is 7.89. The van der Waals surface area contributed by atoms with Crippen LogP contribution in [0.1, 0.15) is 22.2 Å². The first kappa shape index (κ1) is 15.6. The zero-order valence-corrected chi connectivity index (χ0v) is 15.2. The topological polar surface area (TPSA) is 15.6 Å². The van der Waals surface area contributed by atoms with Crippen molar-refractivity contribution < 1.29 is 0 Å². The molecule has 120 valence electrons. The van der Waals surface area contributed by atoms with Crippen molar-refractivity contribution in [3.05, 3.63) is 80.1 Å². The van der Waals surface area contributed by atoms with Crippen LogP contribution in [0.5, 0.6) is 0 Å². The number of thiophene rings is 2. The Kier molecular flexibility index (Phi) is 4.52. The summed E-state index contributed by atoms with van der Waals surface area (Å²) < 4.78 is 0. The maximum absolute atomic E-state index is 6.03. The summed E-state index contributed by atoms with van der Waals surface area (Å²) in [7, 11) is 0. The molecule has 2 nitrogen and oxygen atoms in total. The van der Waals surface area contributed by atoms with E-state index < -0.39 is 0 Å². The molecule has 5 heteroatoms. The number of benzene rings is 1. The third-order valence-corrected chi connectivity index (χ3v) is 5.94. The normalized spacial score (nSPS) is 17.6. The molecule has 24 heavy (non-hydrogen) atoms. The Morgan fingerprint density at radius 1 is 1.00 bits per heavy atom. The molecule has 1 aliphatic heterocycles. The van der Waals surface area contributed by atoms with Gasteiger partial charge in [-0.2, -0.15) is 5.10 Å². The fourth-order valence-corrected chi connectivity index (χ4v) is 4.29. The molecule has 0 saturated carbocycles. The molecule has 0 N–H and O–H groups in total. The largest absolute Gasteiger partial charge is 0.257 e. The molecular formula is C19H15ClN2S2. The lowest BCUT2D eigenvalue weighted by molar-refractivity contribution is 0.722. The summed E-state index contributed by atoms with van der Waals surface area (Å²) in [5, 5.41) is 11.9. The van der Waals surface area contributed by atoms with Gasteiger partial charge in [-0.15, -0.1) is 22.7 Å². The van der Waals surface area contributed by atoms with E-state index in [1.807, 2.05) is 24.3 Å². The zero-order valence-electron chi connectivity index (χ0n) is 12.8. The molecule has 0 aliphatic carbocycles. The van der Waals surface area contributed by atoms with Crippen LogP contribution in [-0.2, 0) is 0 Å². The molecular weight excluding hydrogens is 356 g/mol. The first-order valence-electron chi connectivity index (χ1n) is 7.67. The van der Waals surface area contributed by atoms with Gasteiger partial charge >= 0.3 is 0 Å². The molecule has 1 atom stereocenters. The Labute approximate surface area is 154 Å².